The Bertz CT molecular complexity index is 285. The molecule has 3 atom stereocenters. The molecule has 1 aliphatic heterocycles. The molecule has 0 N–H and O–H groups in total. The fourth-order valence-corrected chi connectivity index (χ4v) is 4.43. The Kier molecular flexibility index (Phi) is 4.11. The molecular weight excluding hydrogens is 218 g/mol. The van der Waals surface area contributed by atoms with Crippen molar-refractivity contribution in [1.82, 2.24) is 4.90 Å². The van der Waals surface area contributed by atoms with Crippen LogP contribution in [0.25, 0.3) is 0 Å². The number of fused-ring (bicyclic) bond motifs is 1. The topological polar surface area (TPSA) is 3.24 Å². The summed E-state index contributed by atoms with van der Waals surface area (Å²) in [6.07, 6.45) is 9.94. The summed E-state index contributed by atoms with van der Waals surface area (Å²) in [5.74, 6) is 0.816. The van der Waals surface area contributed by atoms with Crippen LogP contribution in [0.2, 0.25) is 0 Å². The molecule has 1 heterocycles. The van der Waals surface area contributed by atoms with E-state index < -0.39 is 0 Å². The molecule has 0 bridgehead atoms. The number of nitrogens with zero attached hydrogens (tertiary/aromatic N) is 1. The molecule has 2 aliphatic rings. The molecule has 2 rings (SSSR count). The molecule has 18 heavy (non-hydrogen) atoms. The molecular formula is C17H33N. The lowest BCUT2D eigenvalue weighted by molar-refractivity contribution is -0.0359. The Morgan fingerprint density at radius 3 is 2.33 bits per heavy atom. The second-order valence-corrected chi connectivity index (χ2v) is 7.42. The number of hydrogen-bond acceptors (Lipinski definition) is 1. The second-order valence-electron chi connectivity index (χ2n) is 7.42. The van der Waals surface area contributed by atoms with Gasteiger partial charge in [0.2, 0.25) is 0 Å². The Morgan fingerprint density at radius 1 is 1.11 bits per heavy atom. The van der Waals surface area contributed by atoms with Crippen molar-refractivity contribution in [1.29, 1.82) is 0 Å². The molecule has 0 spiro atoms. The highest BCUT2D eigenvalue weighted by atomic mass is 15.4. The highest BCUT2D eigenvalue weighted by Gasteiger charge is 2.75. The van der Waals surface area contributed by atoms with Gasteiger partial charge < -0.3 is 0 Å². The van der Waals surface area contributed by atoms with Crippen molar-refractivity contribution in [2.75, 3.05) is 6.54 Å². The maximum Gasteiger partial charge on any atom is 0.0260 e. The molecule has 0 aromatic carbocycles. The predicted octanol–water partition coefficient (Wildman–Crippen LogP) is 4.86. The van der Waals surface area contributed by atoms with E-state index in [9.17, 15) is 0 Å². The first kappa shape index (κ1) is 14.4. The predicted molar refractivity (Wildman–Crippen MR) is 79.8 cm³/mol. The monoisotopic (exact) mass is 251 g/mol. The van der Waals surface area contributed by atoms with E-state index in [1.54, 1.807) is 0 Å². The van der Waals surface area contributed by atoms with Crippen molar-refractivity contribution in [3.63, 3.8) is 0 Å². The van der Waals surface area contributed by atoms with Gasteiger partial charge in [-0.1, -0.05) is 53.4 Å². The first-order valence-corrected chi connectivity index (χ1v) is 8.27. The molecule has 1 heteroatoms. The van der Waals surface area contributed by atoms with Gasteiger partial charge in [-0.05, 0) is 32.1 Å². The average molecular weight is 251 g/mol. The summed E-state index contributed by atoms with van der Waals surface area (Å²) in [5, 5.41) is 0. The summed E-state index contributed by atoms with van der Waals surface area (Å²) < 4.78 is 0. The SMILES string of the molecule is CCCCCC12CN(C(CCC)C(C)C)C1(C)C2. The summed E-state index contributed by atoms with van der Waals surface area (Å²) in [6, 6.07) is 0.835. The van der Waals surface area contributed by atoms with Gasteiger partial charge in [0.1, 0.15) is 0 Å². The third-order valence-electron chi connectivity index (χ3n) is 5.82. The van der Waals surface area contributed by atoms with Gasteiger partial charge >= 0.3 is 0 Å². The number of likely N-dealkylation sites (tertiary alicyclic amines) is 1. The minimum Gasteiger partial charge on any atom is -0.293 e. The largest absolute Gasteiger partial charge is 0.293 e. The van der Waals surface area contributed by atoms with Crippen LogP contribution in [0.15, 0.2) is 0 Å². The fraction of sp³-hybridized carbons (Fsp3) is 1.00. The van der Waals surface area contributed by atoms with Crippen LogP contribution >= 0.6 is 0 Å². The van der Waals surface area contributed by atoms with Crippen LogP contribution in [0.1, 0.15) is 79.6 Å². The Labute approximate surface area is 114 Å². The van der Waals surface area contributed by atoms with Gasteiger partial charge in [0.25, 0.3) is 0 Å². The fourth-order valence-electron chi connectivity index (χ4n) is 4.43. The average Bonchev–Trinajstić information content (AvgIpc) is 2.77. The van der Waals surface area contributed by atoms with Crippen molar-refractivity contribution in [2.45, 2.75) is 91.1 Å². The van der Waals surface area contributed by atoms with Gasteiger partial charge in [0, 0.05) is 23.5 Å². The van der Waals surface area contributed by atoms with Crippen molar-refractivity contribution in [2.24, 2.45) is 11.3 Å². The summed E-state index contributed by atoms with van der Waals surface area (Å²) >= 11 is 0. The summed E-state index contributed by atoms with van der Waals surface area (Å²) in [5.41, 5.74) is 1.33. The zero-order valence-electron chi connectivity index (χ0n) is 13.3. The van der Waals surface area contributed by atoms with Crippen molar-refractivity contribution in [3.05, 3.63) is 0 Å². The van der Waals surface area contributed by atoms with Crippen molar-refractivity contribution in [3.8, 4) is 0 Å². The molecule has 1 saturated carbocycles. The number of unbranched alkanes of at least 4 members (excludes halogenated alkanes) is 2. The van der Waals surface area contributed by atoms with E-state index in [1.165, 1.54) is 51.5 Å². The van der Waals surface area contributed by atoms with Gasteiger partial charge in [-0.2, -0.15) is 0 Å². The van der Waals surface area contributed by atoms with Crippen LogP contribution < -0.4 is 0 Å². The van der Waals surface area contributed by atoms with E-state index in [2.05, 4.69) is 39.5 Å². The van der Waals surface area contributed by atoms with Gasteiger partial charge in [0.05, 0.1) is 0 Å². The van der Waals surface area contributed by atoms with Crippen LogP contribution in [0.5, 0.6) is 0 Å². The third-order valence-corrected chi connectivity index (χ3v) is 5.82. The molecule has 3 unspecified atom stereocenters. The van der Waals surface area contributed by atoms with Crippen LogP contribution in [0.4, 0.5) is 0 Å². The molecule has 1 nitrogen and oxygen atoms in total. The van der Waals surface area contributed by atoms with Crippen LogP contribution in [-0.2, 0) is 0 Å². The number of hydrogen-bond donors (Lipinski definition) is 0. The molecule has 106 valence electrons. The summed E-state index contributed by atoms with van der Waals surface area (Å²) in [6.45, 7) is 13.4. The Morgan fingerprint density at radius 2 is 1.83 bits per heavy atom. The highest BCUT2D eigenvalue weighted by Crippen LogP contribution is 2.71. The molecule has 1 saturated heterocycles. The van der Waals surface area contributed by atoms with E-state index in [1.807, 2.05) is 0 Å². The van der Waals surface area contributed by atoms with Crippen molar-refractivity contribution >= 4 is 0 Å². The Balaban J connectivity index is 1.89. The van der Waals surface area contributed by atoms with E-state index in [0.29, 0.717) is 5.54 Å². The number of rotatable bonds is 8. The molecule has 2 fully saturated rings. The smallest absolute Gasteiger partial charge is 0.0260 e. The molecule has 0 aromatic heterocycles. The lowest BCUT2D eigenvalue weighted by atomic mass is 9.81. The zero-order chi connectivity index (χ0) is 13.4. The molecule has 0 aromatic rings. The lowest BCUT2D eigenvalue weighted by Gasteiger charge is -2.51. The molecule has 1 aliphatic carbocycles. The van der Waals surface area contributed by atoms with Gasteiger partial charge in [-0.3, -0.25) is 4.90 Å². The summed E-state index contributed by atoms with van der Waals surface area (Å²) in [7, 11) is 0. The highest BCUT2D eigenvalue weighted by molar-refractivity contribution is 5.29. The van der Waals surface area contributed by atoms with Crippen molar-refractivity contribution < 1.29 is 0 Å². The zero-order valence-corrected chi connectivity index (χ0v) is 13.3. The third kappa shape index (κ3) is 2.13. The minimum absolute atomic E-state index is 0.588. The maximum atomic E-state index is 2.85. The van der Waals surface area contributed by atoms with Gasteiger partial charge in [-0.25, -0.2) is 0 Å². The van der Waals surface area contributed by atoms with Gasteiger partial charge in [-0.15, -0.1) is 0 Å². The van der Waals surface area contributed by atoms with E-state index in [4.69, 9.17) is 0 Å². The van der Waals surface area contributed by atoms with Crippen LogP contribution in [0.3, 0.4) is 0 Å². The standard InChI is InChI=1S/C17H33N/c1-6-8-9-11-17-12-16(17,5)18(13-17)15(10-7-2)14(3)4/h14-15H,6-13H2,1-5H3. The maximum absolute atomic E-state index is 2.85. The van der Waals surface area contributed by atoms with E-state index >= 15 is 0 Å². The normalized spacial score (nSPS) is 36.3. The minimum atomic E-state index is 0.588. The van der Waals surface area contributed by atoms with Crippen LogP contribution in [0, 0.1) is 11.3 Å². The Hall–Kier alpha value is -0.0400. The summed E-state index contributed by atoms with van der Waals surface area (Å²) in [4.78, 5) is 2.85. The van der Waals surface area contributed by atoms with E-state index in [-0.39, 0.29) is 0 Å². The first-order valence-electron chi connectivity index (χ1n) is 8.27. The molecule has 0 radical (unpaired) electrons. The van der Waals surface area contributed by atoms with Crippen LogP contribution in [-0.4, -0.2) is 23.0 Å². The molecule has 0 amide bonds. The van der Waals surface area contributed by atoms with Gasteiger partial charge in [0.15, 0.2) is 0 Å². The first-order chi connectivity index (χ1) is 8.50. The quantitative estimate of drug-likeness (QED) is 0.557. The van der Waals surface area contributed by atoms with E-state index in [0.717, 1.165) is 17.4 Å². The lowest BCUT2D eigenvalue weighted by Crippen LogP contribution is -2.60. The second kappa shape index (κ2) is 5.15.